The first-order chi connectivity index (χ1) is 28.7. The van der Waals surface area contributed by atoms with Crippen molar-refractivity contribution in [3.63, 3.8) is 0 Å². The highest BCUT2D eigenvalue weighted by molar-refractivity contribution is 5.76. The van der Waals surface area contributed by atoms with Crippen LogP contribution in [0.2, 0.25) is 0 Å². The Bertz CT molecular complexity index is 840. The van der Waals surface area contributed by atoms with Gasteiger partial charge in [0.1, 0.15) is 0 Å². The SMILES string of the molecule is CCCCCCCCCCCC/C=C/CC/C=C/C(O)C(CO)NC(=O)CCCCCCCCCCCCCCCCCCCCCCCCCCCCCCCC. The van der Waals surface area contributed by atoms with Crippen LogP contribution >= 0.6 is 0 Å². The third-order valence-electron chi connectivity index (χ3n) is 12.4. The summed E-state index contributed by atoms with van der Waals surface area (Å²) in [5.74, 6) is -0.0679. The smallest absolute Gasteiger partial charge is 0.220 e. The van der Waals surface area contributed by atoms with Gasteiger partial charge in [0.15, 0.2) is 0 Å². The van der Waals surface area contributed by atoms with E-state index in [2.05, 4.69) is 31.3 Å². The lowest BCUT2D eigenvalue weighted by Gasteiger charge is -2.19. The number of carbonyl (C=O) groups is 1. The molecule has 0 heterocycles. The van der Waals surface area contributed by atoms with Crippen molar-refractivity contribution in [2.75, 3.05) is 6.61 Å². The first kappa shape index (κ1) is 56.9. The highest BCUT2D eigenvalue weighted by Gasteiger charge is 2.18. The number of amides is 1. The molecule has 4 heteroatoms. The van der Waals surface area contributed by atoms with Crippen LogP contribution in [-0.2, 0) is 4.79 Å². The predicted octanol–water partition coefficient (Wildman–Crippen LogP) is 17.1. The van der Waals surface area contributed by atoms with Gasteiger partial charge in [0.05, 0.1) is 18.8 Å². The van der Waals surface area contributed by atoms with Crippen LogP contribution in [0.5, 0.6) is 0 Å². The summed E-state index contributed by atoms with van der Waals surface area (Å²) in [5.41, 5.74) is 0. The summed E-state index contributed by atoms with van der Waals surface area (Å²) >= 11 is 0. The fourth-order valence-corrected chi connectivity index (χ4v) is 8.37. The zero-order valence-corrected chi connectivity index (χ0v) is 39.6. The van der Waals surface area contributed by atoms with E-state index in [-0.39, 0.29) is 12.5 Å². The minimum Gasteiger partial charge on any atom is -0.394 e. The lowest BCUT2D eigenvalue weighted by atomic mass is 10.0. The lowest BCUT2D eigenvalue weighted by molar-refractivity contribution is -0.123. The predicted molar refractivity (Wildman–Crippen MR) is 258 cm³/mol. The van der Waals surface area contributed by atoms with Crippen LogP contribution in [0, 0.1) is 0 Å². The van der Waals surface area contributed by atoms with E-state index in [1.807, 2.05) is 6.08 Å². The molecule has 3 N–H and O–H groups in total. The van der Waals surface area contributed by atoms with Gasteiger partial charge >= 0.3 is 0 Å². The zero-order valence-electron chi connectivity index (χ0n) is 39.6. The number of hydrogen-bond donors (Lipinski definition) is 3. The highest BCUT2D eigenvalue weighted by Crippen LogP contribution is 2.17. The Hall–Kier alpha value is -1.13. The van der Waals surface area contributed by atoms with Crippen LogP contribution in [0.3, 0.4) is 0 Å². The first-order valence-electron chi connectivity index (χ1n) is 26.6. The van der Waals surface area contributed by atoms with Gasteiger partial charge in [-0.1, -0.05) is 282 Å². The van der Waals surface area contributed by atoms with Crippen molar-refractivity contribution in [3.05, 3.63) is 24.3 Å². The molecule has 0 aromatic heterocycles. The van der Waals surface area contributed by atoms with Gasteiger partial charge in [-0.3, -0.25) is 4.79 Å². The number of aliphatic hydroxyl groups excluding tert-OH is 2. The lowest BCUT2D eigenvalue weighted by Crippen LogP contribution is -2.45. The Morgan fingerprint density at radius 1 is 0.397 bits per heavy atom. The molecule has 0 aromatic carbocycles. The number of carbonyl (C=O) groups excluding carboxylic acids is 1. The van der Waals surface area contributed by atoms with E-state index < -0.39 is 12.1 Å². The molecule has 0 saturated heterocycles. The molecular formula is C54H105NO3. The van der Waals surface area contributed by atoms with E-state index in [4.69, 9.17) is 0 Å². The second-order valence-electron chi connectivity index (χ2n) is 18.3. The van der Waals surface area contributed by atoms with Crippen LogP contribution in [0.4, 0.5) is 0 Å². The fourth-order valence-electron chi connectivity index (χ4n) is 8.37. The van der Waals surface area contributed by atoms with Crippen molar-refractivity contribution < 1.29 is 15.0 Å². The van der Waals surface area contributed by atoms with Gasteiger partial charge in [-0.25, -0.2) is 0 Å². The molecule has 0 aromatic rings. The Labute approximate surface area is 364 Å². The summed E-state index contributed by atoms with van der Waals surface area (Å²) in [5, 5.41) is 23.1. The normalized spacial score (nSPS) is 13.0. The summed E-state index contributed by atoms with van der Waals surface area (Å²) in [7, 11) is 0. The highest BCUT2D eigenvalue weighted by atomic mass is 16.3. The quantitative estimate of drug-likeness (QED) is 0.0423. The van der Waals surface area contributed by atoms with Gasteiger partial charge in [0, 0.05) is 6.42 Å². The number of allylic oxidation sites excluding steroid dienone is 3. The number of hydrogen-bond acceptors (Lipinski definition) is 3. The number of nitrogens with one attached hydrogen (secondary N) is 1. The topological polar surface area (TPSA) is 69.6 Å². The monoisotopic (exact) mass is 816 g/mol. The fraction of sp³-hybridized carbons (Fsp3) is 0.907. The van der Waals surface area contributed by atoms with Crippen molar-refractivity contribution in [1.82, 2.24) is 5.32 Å². The molecule has 1 amide bonds. The molecule has 344 valence electrons. The van der Waals surface area contributed by atoms with Crippen molar-refractivity contribution in [2.24, 2.45) is 0 Å². The maximum absolute atomic E-state index is 12.4. The number of rotatable bonds is 49. The molecule has 58 heavy (non-hydrogen) atoms. The van der Waals surface area contributed by atoms with E-state index in [0.717, 1.165) is 32.1 Å². The van der Waals surface area contributed by atoms with Crippen molar-refractivity contribution >= 4 is 5.91 Å². The van der Waals surface area contributed by atoms with Crippen molar-refractivity contribution in [2.45, 2.75) is 309 Å². The van der Waals surface area contributed by atoms with E-state index in [0.29, 0.717) is 6.42 Å². The minimum absolute atomic E-state index is 0.0679. The van der Waals surface area contributed by atoms with Gasteiger partial charge < -0.3 is 15.5 Å². The first-order valence-corrected chi connectivity index (χ1v) is 26.6. The maximum Gasteiger partial charge on any atom is 0.220 e. The summed E-state index contributed by atoms with van der Waals surface area (Å²) in [6, 6.07) is -0.635. The summed E-state index contributed by atoms with van der Waals surface area (Å²) in [6.45, 7) is 4.32. The Morgan fingerprint density at radius 3 is 1.00 bits per heavy atom. The molecule has 0 aliphatic carbocycles. The molecule has 4 nitrogen and oxygen atoms in total. The second-order valence-corrected chi connectivity index (χ2v) is 18.3. The standard InChI is InChI=1S/C54H105NO3/c1-3-5-7-9-11-13-15-17-19-21-22-23-24-25-26-27-28-29-30-31-32-33-34-36-38-40-42-44-46-48-50-54(58)55-52(51-56)53(57)49-47-45-43-41-39-37-35-20-18-16-14-12-10-8-6-4-2/h39,41,47,49,52-53,56-57H,3-38,40,42-46,48,50-51H2,1-2H3,(H,55,58)/b41-39+,49-47+. The van der Waals surface area contributed by atoms with Gasteiger partial charge in [-0.15, -0.1) is 0 Å². The molecule has 0 radical (unpaired) electrons. The largest absolute Gasteiger partial charge is 0.394 e. The average Bonchev–Trinajstić information content (AvgIpc) is 3.23. The molecule has 2 atom stereocenters. The Kier molecular flexibility index (Phi) is 49.2. The van der Waals surface area contributed by atoms with Crippen molar-refractivity contribution in [3.8, 4) is 0 Å². The molecule has 0 aliphatic heterocycles. The molecule has 0 saturated carbocycles. The van der Waals surface area contributed by atoms with Gasteiger partial charge in [0.25, 0.3) is 0 Å². The third-order valence-corrected chi connectivity index (χ3v) is 12.4. The Morgan fingerprint density at radius 2 is 0.672 bits per heavy atom. The summed E-state index contributed by atoms with van der Waals surface area (Å²) in [6.07, 6.45) is 66.2. The molecular weight excluding hydrogens is 711 g/mol. The molecule has 0 rings (SSSR count). The van der Waals surface area contributed by atoms with E-state index in [1.54, 1.807) is 6.08 Å². The molecule has 0 spiro atoms. The van der Waals surface area contributed by atoms with Crippen LogP contribution in [0.1, 0.15) is 296 Å². The molecule has 0 fully saturated rings. The maximum atomic E-state index is 12.4. The van der Waals surface area contributed by atoms with Crippen LogP contribution in [0.15, 0.2) is 24.3 Å². The van der Waals surface area contributed by atoms with Gasteiger partial charge in [-0.2, -0.15) is 0 Å². The van der Waals surface area contributed by atoms with Crippen LogP contribution < -0.4 is 5.32 Å². The van der Waals surface area contributed by atoms with Crippen molar-refractivity contribution in [1.29, 1.82) is 0 Å². The molecule has 0 bridgehead atoms. The van der Waals surface area contributed by atoms with Gasteiger partial charge in [0.2, 0.25) is 5.91 Å². The van der Waals surface area contributed by atoms with Gasteiger partial charge in [-0.05, 0) is 32.1 Å². The van der Waals surface area contributed by atoms with Crippen LogP contribution in [-0.4, -0.2) is 34.9 Å². The van der Waals surface area contributed by atoms with E-state index in [9.17, 15) is 15.0 Å². The molecule has 2 unspecified atom stereocenters. The summed E-state index contributed by atoms with van der Waals surface area (Å²) in [4.78, 5) is 12.4. The second kappa shape index (κ2) is 50.2. The minimum atomic E-state index is -0.858. The Balaban J connectivity index is 3.45. The third kappa shape index (κ3) is 45.9. The van der Waals surface area contributed by atoms with E-state index in [1.165, 1.54) is 244 Å². The van der Waals surface area contributed by atoms with Crippen LogP contribution in [0.25, 0.3) is 0 Å². The van der Waals surface area contributed by atoms with E-state index >= 15 is 0 Å². The average molecular weight is 816 g/mol. The molecule has 0 aliphatic rings. The summed E-state index contributed by atoms with van der Waals surface area (Å²) < 4.78 is 0. The number of unbranched alkanes of at least 4 members (excludes halogenated alkanes) is 40. The zero-order chi connectivity index (χ0) is 42.1. The number of aliphatic hydroxyl groups is 2.